The van der Waals surface area contributed by atoms with Crippen LogP contribution in [0, 0.1) is 0 Å². The summed E-state index contributed by atoms with van der Waals surface area (Å²) in [5.74, 6) is 0.848. The number of hydrogen-bond acceptors (Lipinski definition) is 2. The number of benzene rings is 1. The Hall–Kier alpha value is -0.610. The molecule has 1 aromatic carbocycles. The van der Waals surface area contributed by atoms with Crippen LogP contribution in [0.25, 0.3) is 0 Å². The highest BCUT2D eigenvalue weighted by Gasteiger charge is 2.26. The lowest BCUT2D eigenvalue weighted by Crippen LogP contribution is -2.31. The molecule has 0 amide bonds. The van der Waals surface area contributed by atoms with Crippen molar-refractivity contribution in [2.24, 2.45) is 5.73 Å². The van der Waals surface area contributed by atoms with Gasteiger partial charge in [-0.15, -0.1) is 0 Å². The molecule has 0 aromatic heterocycles. The van der Waals surface area contributed by atoms with Crippen LogP contribution in [0.3, 0.4) is 0 Å². The van der Waals surface area contributed by atoms with E-state index in [1.165, 1.54) is 6.92 Å². The summed E-state index contributed by atoms with van der Waals surface area (Å²) >= 11 is 3.44. The first kappa shape index (κ1) is 11.9. The van der Waals surface area contributed by atoms with Crippen molar-refractivity contribution in [1.82, 2.24) is 0 Å². The Morgan fingerprint density at radius 1 is 1.56 bits per heavy atom. The van der Waals surface area contributed by atoms with Crippen LogP contribution in [-0.4, -0.2) is 18.8 Å². The van der Waals surface area contributed by atoms with Gasteiger partial charge in [0.05, 0.1) is 6.61 Å². The van der Waals surface area contributed by atoms with Gasteiger partial charge in [0.1, 0.15) is 11.4 Å². The fourth-order valence-corrected chi connectivity index (χ4v) is 2.50. The van der Waals surface area contributed by atoms with Gasteiger partial charge in [0, 0.05) is 23.9 Å². The molecule has 1 aliphatic heterocycles. The zero-order valence-electron chi connectivity index (χ0n) is 9.22. The standard InChI is InChI=1S/C12H15BrFNO/c1-12(14,7-15)6-9-5-10(13)4-8-2-3-16-11(8)9/h4-5H,2-3,6-7,15H2,1H3. The van der Waals surface area contributed by atoms with Gasteiger partial charge >= 0.3 is 0 Å². The van der Waals surface area contributed by atoms with E-state index in [4.69, 9.17) is 10.5 Å². The molecule has 0 spiro atoms. The molecule has 0 aliphatic carbocycles. The van der Waals surface area contributed by atoms with Crippen molar-refractivity contribution in [3.8, 4) is 5.75 Å². The van der Waals surface area contributed by atoms with Crippen molar-refractivity contribution in [3.63, 3.8) is 0 Å². The Kier molecular flexibility index (Phi) is 3.22. The minimum absolute atomic E-state index is 0.0221. The molecular weight excluding hydrogens is 273 g/mol. The number of nitrogens with two attached hydrogens (primary N) is 1. The molecule has 1 aromatic rings. The molecule has 0 bridgehead atoms. The monoisotopic (exact) mass is 287 g/mol. The number of alkyl halides is 1. The highest BCUT2D eigenvalue weighted by Crippen LogP contribution is 2.35. The number of halogens is 2. The van der Waals surface area contributed by atoms with E-state index in [1.807, 2.05) is 12.1 Å². The van der Waals surface area contributed by atoms with Gasteiger partial charge in [-0.3, -0.25) is 0 Å². The average molecular weight is 288 g/mol. The van der Waals surface area contributed by atoms with Crippen LogP contribution in [0.15, 0.2) is 16.6 Å². The molecule has 0 saturated carbocycles. The van der Waals surface area contributed by atoms with Crippen LogP contribution in [0.1, 0.15) is 18.1 Å². The predicted octanol–water partition coefficient (Wildman–Crippen LogP) is 2.61. The second-order valence-corrected chi connectivity index (χ2v) is 5.36. The van der Waals surface area contributed by atoms with Gasteiger partial charge in [0.2, 0.25) is 0 Å². The molecule has 1 unspecified atom stereocenters. The maximum atomic E-state index is 13.9. The quantitative estimate of drug-likeness (QED) is 0.928. The average Bonchev–Trinajstić information content (AvgIpc) is 2.65. The number of ether oxygens (including phenoxy) is 1. The molecule has 2 N–H and O–H groups in total. The molecule has 1 heterocycles. The van der Waals surface area contributed by atoms with Gasteiger partial charge in [0.15, 0.2) is 0 Å². The zero-order chi connectivity index (χ0) is 11.8. The molecule has 16 heavy (non-hydrogen) atoms. The van der Waals surface area contributed by atoms with Crippen LogP contribution in [0.4, 0.5) is 4.39 Å². The lowest BCUT2D eigenvalue weighted by molar-refractivity contribution is 0.198. The smallest absolute Gasteiger partial charge is 0.126 e. The van der Waals surface area contributed by atoms with Gasteiger partial charge in [-0.25, -0.2) is 4.39 Å². The van der Waals surface area contributed by atoms with Crippen molar-refractivity contribution >= 4 is 15.9 Å². The summed E-state index contributed by atoms with van der Waals surface area (Å²) in [4.78, 5) is 0. The SMILES string of the molecule is CC(F)(CN)Cc1cc(Br)cc2c1OCC2. The van der Waals surface area contributed by atoms with E-state index in [0.29, 0.717) is 13.0 Å². The van der Waals surface area contributed by atoms with Crippen LogP contribution in [0.2, 0.25) is 0 Å². The van der Waals surface area contributed by atoms with E-state index in [2.05, 4.69) is 15.9 Å². The first-order valence-corrected chi connectivity index (χ1v) is 6.14. The molecule has 1 atom stereocenters. The van der Waals surface area contributed by atoms with Gasteiger partial charge in [0.25, 0.3) is 0 Å². The molecule has 2 rings (SSSR count). The van der Waals surface area contributed by atoms with Gasteiger partial charge < -0.3 is 10.5 Å². The number of hydrogen-bond donors (Lipinski definition) is 1. The minimum atomic E-state index is -1.37. The van der Waals surface area contributed by atoms with Crippen LogP contribution in [-0.2, 0) is 12.8 Å². The van der Waals surface area contributed by atoms with Crippen molar-refractivity contribution in [3.05, 3.63) is 27.7 Å². The summed E-state index contributed by atoms with van der Waals surface area (Å²) in [7, 11) is 0. The van der Waals surface area contributed by atoms with Crippen molar-refractivity contribution in [1.29, 1.82) is 0 Å². The largest absolute Gasteiger partial charge is 0.493 e. The summed E-state index contributed by atoms with van der Waals surface area (Å²) in [6.07, 6.45) is 1.19. The summed E-state index contributed by atoms with van der Waals surface area (Å²) < 4.78 is 20.4. The third kappa shape index (κ3) is 2.38. The Balaban J connectivity index is 2.34. The second-order valence-electron chi connectivity index (χ2n) is 4.45. The molecule has 0 fully saturated rings. The summed E-state index contributed by atoms with van der Waals surface area (Å²) in [6, 6.07) is 3.95. The fourth-order valence-electron chi connectivity index (χ4n) is 1.95. The highest BCUT2D eigenvalue weighted by atomic mass is 79.9. The van der Waals surface area contributed by atoms with Gasteiger partial charge in [-0.1, -0.05) is 15.9 Å². The van der Waals surface area contributed by atoms with E-state index in [1.54, 1.807) is 0 Å². The second kappa shape index (κ2) is 4.34. The number of rotatable bonds is 3. The maximum Gasteiger partial charge on any atom is 0.126 e. The Morgan fingerprint density at radius 2 is 2.31 bits per heavy atom. The van der Waals surface area contributed by atoms with Crippen LogP contribution >= 0.6 is 15.9 Å². The number of fused-ring (bicyclic) bond motifs is 1. The fraction of sp³-hybridized carbons (Fsp3) is 0.500. The summed E-state index contributed by atoms with van der Waals surface area (Å²) in [5.41, 5.74) is 6.09. The predicted molar refractivity (Wildman–Crippen MR) is 65.6 cm³/mol. The third-order valence-electron chi connectivity index (χ3n) is 2.81. The van der Waals surface area contributed by atoms with Gasteiger partial charge in [-0.2, -0.15) is 0 Å². The molecule has 0 saturated heterocycles. The van der Waals surface area contributed by atoms with Crippen molar-refractivity contribution in [2.75, 3.05) is 13.2 Å². The molecule has 2 nitrogen and oxygen atoms in total. The molecule has 1 aliphatic rings. The maximum absolute atomic E-state index is 13.9. The third-order valence-corrected chi connectivity index (χ3v) is 3.27. The lowest BCUT2D eigenvalue weighted by atomic mass is 9.96. The van der Waals surface area contributed by atoms with Gasteiger partial charge in [-0.05, 0) is 30.2 Å². The molecule has 88 valence electrons. The lowest BCUT2D eigenvalue weighted by Gasteiger charge is -2.19. The summed E-state index contributed by atoms with van der Waals surface area (Å²) in [5, 5.41) is 0. The van der Waals surface area contributed by atoms with Crippen LogP contribution < -0.4 is 10.5 Å². The molecule has 4 heteroatoms. The first-order chi connectivity index (χ1) is 7.52. The van der Waals surface area contributed by atoms with E-state index in [-0.39, 0.29) is 6.54 Å². The van der Waals surface area contributed by atoms with E-state index < -0.39 is 5.67 Å². The first-order valence-electron chi connectivity index (χ1n) is 5.35. The highest BCUT2D eigenvalue weighted by molar-refractivity contribution is 9.10. The topological polar surface area (TPSA) is 35.2 Å². The Bertz CT molecular complexity index is 406. The van der Waals surface area contributed by atoms with Crippen LogP contribution in [0.5, 0.6) is 5.75 Å². The molecule has 0 radical (unpaired) electrons. The molecular formula is C12H15BrFNO. The minimum Gasteiger partial charge on any atom is -0.493 e. The van der Waals surface area contributed by atoms with E-state index in [0.717, 1.165) is 27.8 Å². The van der Waals surface area contributed by atoms with Crippen molar-refractivity contribution < 1.29 is 9.13 Å². The van der Waals surface area contributed by atoms with E-state index in [9.17, 15) is 4.39 Å². The normalized spacial score (nSPS) is 17.8. The Labute approximate surface area is 103 Å². The van der Waals surface area contributed by atoms with Crippen molar-refractivity contribution in [2.45, 2.75) is 25.4 Å². The van der Waals surface area contributed by atoms with E-state index >= 15 is 0 Å². The Morgan fingerprint density at radius 3 is 3.00 bits per heavy atom. The zero-order valence-corrected chi connectivity index (χ0v) is 10.8. The summed E-state index contributed by atoms with van der Waals surface area (Å²) in [6.45, 7) is 2.23.